The normalized spacial score (nSPS) is 20.7. The molecule has 2 aliphatic rings. The van der Waals surface area contributed by atoms with Gasteiger partial charge in [-0.15, -0.1) is 11.3 Å². The van der Waals surface area contributed by atoms with Crippen LogP contribution < -0.4 is 0 Å². The van der Waals surface area contributed by atoms with E-state index in [2.05, 4.69) is 35.2 Å². The van der Waals surface area contributed by atoms with E-state index in [4.69, 9.17) is 0 Å². The molecule has 3 heterocycles. The Hall–Kier alpha value is -2.14. The van der Waals surface area contributed by atoms with E-state index in [-0.39, 0.29) is 17.9 Å². The van der Waals surface area contributed by atoms with Gasteiger partial charge in [-0.3, -0.25) is 9.59 Å². The quantitative estimate of drug-likeness (QED) is 0.692. The average Bonchev–Trinajstić information content (AvgIpc) is 3.29. The first kappa shape index (κ1) is 20.1. The maximum absolute atomic E-state index is 13.3. The number of carbonyl (C=O) groups excluding carboxylic acids is 2. The number of nitrogens with zero attached hydrogens (tertiary/aromatic N) is 2. The fraction of sp³-hybridized carbons (Fsp3) is 0.500. The number of carbonyl (C=O) groups is 2. The highest BCUT2D eigenvalue weighted by molar-refractivity contribution is 7.10. The summed E-state index contributed by atoms with van der Waals surface area (Å²) in [4.78, 5) is 30.6. The Bertz CT molecular complexity index is 840. The van der Waals surface area contributed by atoms with Gasteiger partial charge in [-0.25, -0.2) is 0 Å². The molecular weight excluding hydrogens is 380 g/mol. The largest absolute Gasteiger partial charge is 0.343 e. The molecule has 2 aliphatic heterocycles. The molecule has 1 unspecified atom stereocenters. The van der Waals surface area contributed by atoms with E-state index < -0.39 is 0 Å². The van der Waals surface area contributed by atoms with E-state index in [9.17, 15) is 9.59 Å². The Morgan fingerprint density at radius 2 is 1.79 bits per heavy atom. The summed E-state index contributed by atoms with van der Waals surface area (Å²) in [5.41, 5.74) is 2.07. The van der Waals surface area contributed by atoms with Crippen molar-refractivity contribution in [1.29, 1.82) is 0 Å². The molecule has 1 atom stereocenters. The molecular formula is C24H30N2O2S. The van der Waals surface area contributed by atoms with E-state index in [0.717, 1.165) is 50.9 Å². The fourth-order valence-corrected chi connectivity index (χ4v) is 5.73. The van der Waals surface area contributed by atoms with Gasteiger partial charge < -0.3 is 9.80 Å². The summed E-state index contributed by atoms with van der Waals surface area (Å²) >= 11 is 1.71. The minimum atomic E-state index is 0.166. The van der Waals surface area contributed by atoms with Gasteiger partial charge in [0.1, 0.15) is 0 Å². The van der Waals surface area contributed by atoms with Crippen LogP contribution in [0.3, 0.4) is 0 Å². The number of likely N-dealkylation sites (tertiary alicyclic amines) is 2. The Labute approximate surface area is 177 Å². The van der Waals surface area contributed by atoms with Crippen LogP contribution in [0.2, 0.25) is 0 Å². The highest BCUT2D eigenvalue weighted by Crippen LogP contribution is 2.36. The number of hydrogen-bond donors (Lipinski definition) is 0. The summed E-state index contributed by atoms with van der Waals surface area (Å²) in [6.45, 7) is 4.43. The van der Waals surface area contributed by atoms with Crippen LogP contribution in [0.25, 0.3) is 0 Å². The zero-order valence-corrected chi connectivity index (χ0v) is 18.0. The molecule has 0 aliphatic carbocycles. The third-order valence-electron chi connectivity index (χ3n) is 6.37. The summed E-state index contributed by atoms with van der Waals surface area (Å²) < 4.78 is 0. The first-order chi connectivity index (χ1) is 14.2. The average molecular weight is 411 g/mol. The predicted molar refractivity (Wildman–Crippen MR) is 117 cm³/mol. The first-order valence-corrected chi connectivity index (χ1v) is 11.8. The standard InChI is InChI=1S/C24H30N2O2S/c1-2-23(27)25-14-11-19(12-15-25)22-16-20(17-29-22)24(28)26-13-7-6-10-21(26)18-8-4-3-5-9-18/h3-5,8-9,16-17,19,21H,2,6-7,10-15H2,1H3. The molecule has 2 saturated heterocycles. The van der Waals surface area contributed by atoms with Crippen molar-refractivity contribution in [2.45, 2.75) is 57.4 Å². The van der Waals surface area contributed by atoms with Crippen LogP contribution in [0.1, 0.15) is 78.2 Å². The maximum Gasteiger partial charge on any atom is 0.255 e. The predicted octanol–water partition coefficient (Wildman–Crippen LogP) is 5.23. The molecule has 1 aromatic heterocycles. The van der Waals surface area contributed by atoms with Crippen LogP contribution in [0.5, 0.6) is 0 Å². The summed E-state index contributed by atoms with van der Waals surface area (Å²) in [5.74, 6) is 0.885. The number of rotatable bonds is 4. The summed E-state index contributed by atoms with van der Waals surface area (Å²) in [6.07, 6.45) is 5.87. The van der Waals surface area contributed by atoms with Gasteiger partial charge in [-0.2, -0.15) is 0 Å². The lowest BCUT2D eigenvalue weighted by molar-refractivity contribution is -0.131. The van der Waals surface area contributed by atoms with Crippen molar-refractivity contribution in [3.63, 3.8) is 0 Å². The van der Waals surface area contributed by atoms with Crippen LogP contribution in [0.15, 0.2) is 41.8 Å². The summed E-state index contributed by atoms with van der Waals surface area (Å²) in [7, 11) is 0. The number of amides is 2. The van der Waals surface area contributed by atoms with Crippen LogP contribution in [-0.4, -0.2) is 41.2 Å². The van der Waals surface area contributed by atoms with Crippen molar-refractivity contribution in [2.24, 2.45) is 0 Å². The monoisotopic (exact) mass is 410 g/mol. The van der Waals surface area contributed by atoms with E-state index in [1.54, 1.807) is 11.3 Å². The van der Waals surface area contributed by atoms with Crippen molar-refractivity contribution in [2.75, 3.05) is 19.6 Å². The molecule has 0 N–H and O–H groups in total. The number of piperidine rings is 2. The SMILES string of the molecule is CCC(=O)N1CCC(c2cc(C(=O)N3CCCCC3c3ccccc3)cs2)CC1. The van der Waals surface area contributed by atoms with E-state index in [0.29, 0.717) is 12.3 Å². The molecule has 2 fully saturated rings. The summed E-state index contributed by atoms with van der Waals surface area (Å²) in [5, 5.41) is 2.04. The minimum Gasteiger partial charge on any atom is -0.343 e. The first-order valence-electron chi connectivity index (χ1n) is 10.9. The molecule has 4 rings (SSSR count). The van der Waals surface area contributed by atoms with Crippen molar-refractivity contribution < 1.29 is 9.59 Å². The van der Waals surface area contributed by atoms with Crippen molar-refractivity contribution in [1.82, 2.24) is 9.80 Å². The van der Waals surface area contributed by atoms with Crippen LogP contribution in [-0.2, 0) is 4.79 Å². The second-order valence-electron chi connectivity index (χ2n) is 8.17. The van der Waals surface area contributed by atoms with E-state index >= 15 is 0 Å². The van der Waals surface area contributed by atoms with Crippen LogP contribution in [0.4, 0.5) is 0 Å². The zero-order valence-electron chi connectivity index (χ0n) is 17.2. The number of benzene rings is 1. The molecule has 0 saturated carbocycles. The highest BCUT2D eigenvalue weighted by Gasteiger charge is 2.30. The van der Waals surface area contributed by atoms with Gasteiger partial charge in [0.25, 0.3) is 5.91 Å². The number of thiophene rings is 1. The second kappa shape index (κ2) is 9.12. The lowest BCUT2D eigenvalue weighted by Crippen LogP contribution is -2.38. The van der Waals surface area contributed by atoms with Gasteiger partial charge in [0.15, 0.2) is 0 Å². The molecule has 0 radical (unpaired) electrons. The molecule has 29 heavy (non-hydrogen) atoms. The molecule has 2 aromatic rings. The van der Waals surface area contributed by atoms with E-state index in [1.165, 1.54) is 16.9 Å². The molecule has 1 aromatic carbocycles. The molecule has 2 amide bonds. The molecule has 154 valence electrons. The Morgan fingerprint density at radius 1 is 1.03 bits per heavy atom. The highest BCUT2D eigenvalue weighted by atomic mass is 32.1. The van der Waals surface area contributed by atoms with Gasteiger partial charge in [0, 0.05) is 36.3 Å². The van der Waals surface area contributed by atoms with Gasteiger partial charge in [-0.05, 0) is 49.7 Å². The maximum atomic E-state index is 13.3. The lowest BCUT2D eigenvalue weighted by atomic mass is 9.93. The van der Waals surface area contributed by atoms with Gasteiger partial charge in [-0.1, -0.05) is 37.3 Å². The smallest absolute Gasteiger partial charge is 0.255 e. The fourth-order valence-electron chi connectivity index (χ4n) is 4.68. The zero-order chi connectivity index (χ0) is 20.2. The van der Waals surface area contributed by atoms with Gasteiger partial charge in [0.2, 0.25) is 5.91 Å². The van der Waals surface area contributed by atoms with Gasteiger partial charge >= 0.3 is 0 Å². The topological polar surface area (TPSA) is 40.6 Å². The Kier molecular flexibility index (Phi) is 6.34. The van der Waals surface area contributed by atoms with Crippen molar-refractivity contribution in [3.8, 4) is 0 Å². The van der Waals surface area contributed by atoms with Crippen molar-refractivity contribution >= 4 is 23.2 Å². The third kappa shape index (κ3) is 4.40. The molecule has 5 heteroatoms. The van der Waals surface area contributed by atoms with Gasteiger partial charge in [0.05, 0.1) is 11.6 Å². The lowest BCUT2D eigenvalue weighted by Gasteiger charge is -2.36. The van der Waals surface area contributed by atoms with E-state index in [1.807, 2.05) is 23.3 Å². The third-order valence-corrected chi connectivity index (χ3v) is 7.46. The van der Waals surface area contributed by atoms with Crippen LogP contribution in [0, 0.1) is 0 Å². The number of hydrogen-bond acceptors (Lipinski definition) is 3. The second-order valence-corrected chi connectivity index (χ2v) is 9.11. The van der Waals surface area contributed by atoms with Crippen LogP contribution >= 0.6 is 11.3 Å². The van der Waals surface area contributed by atoms with Crippen molar-refractivity contribution in [3.05, 3.63) is 57.8 Å². The molecule has 4 nitrogen and oxygen atoms in total. The molecule has 0 bridgehead atoms. The minimum absolute atomic E-state index is 0.166. The molecule has 0 spiro atoms. The Balaban J connectivity index is 1.45. The Morgan fingerprint density at radius 3 is 2.52 bits per heavy atom. The summed E-state index contributed by atoms with van der Waals surface area (Å²) in [6, 6.07) is 12.7.